The molecule has 0 heterocycles. The van der Waals surface area contributed by atoms with E-state index in [1.54, 1.807) is 18.2 Å². The Labute approximate surface area is 124 Å². The fourth-order valence-electron chi connectivity index (χ4n) is 1.50. The summed E-state index contributed by atoms with van der Waals surface area (Å²) in [5, 5.41) is 9.28. The van der Waals surface area contributed by atoms with E-state index in [4.69, 9.17) is 16.7 Å². The van der Waals surface area contributed by atoms with Gasteiger partial charge in [0, 0.05) is 15.7 Å². The molecule has 0 aliphatic rings. The van der Waals surface area contributed by atoms with Gasteiger partial charge < -0.3 is 10.0 Å². The number of halogens is 2. The molecule has 0 bridgehead atoms. The Kier molecular flexibility index (Phi) is 5.87. The number of benzene rings is 1. The second-order valence-electron chi connectivity index (χ2n) is 3.75. The van der Waals surface area contributed by atoms with Crippen LogP contribution in [0.15, 0.2) is 18.2 Å². The summed E-state index contributed by atoms with van der Waals surface area (Å²) < 4.78 is 0.853. The maximum absolute atomic E-state index is 12.1. The Morgan fingerprint density at radius 2 is 2.11 bits per heavy atom. The van der Waals surface area contributed by atoms with Crippen LogP contribution in [0.4, 0.5) is 0 Å². The summed E-state index contributed by atoms with van der Waals surface area (Å²) in [6.45, 7) is 2.01. The fraction of sp³-hybridized carbons (Fsp3) is 0.333. The van der Waals surface area contributed by atoms with Crippen LogP contribution in [0.2, 0.25) is 5.02 Å². The highest BCUT2D eigenvalue weighted by Gasteiger charge is 2.18. The number of carboxylic acid groups (broad SMARTS) is 1. The van der Waals surface area contributed by atoms with Crippen LogP contribution in [-0.2, 0) is 4.79 Å². The molecule has 0 fully saturated rings. The average Bonchev–Trinajstić information content (AvgIpc) is 2.31. The van der Waals surface area contributed by atoms with E-state index in [0.29, 0.717) is 23.6 Å². The van der Waals surface area contributed by atoms with Crippen LogP contribution >= 0.6 is 34.2 Å². The van der Waals surface area contributed by atoms with Gasteiger partial charge in [-0.2, -0.15) is 0 Å². The third-order valence-electron chi connectivity index (χ3n) is 2.27. The lowest BCUT2D eigenvalue weighted by Gasteiger charge is -2.20. The first-order valence-electron chi connectivity index (χ1n) is 5.41. The summed E-state index contributed by atoms with van der Waals surface area (Å²) in [4.78, 5) is 24.2. The lowest BCUT2D eigenvalue weighted by molar-refractivity contribution is -0.137. The largest absolute Gasteiger partial charge is 0.480 e. The van der Waals surface area contributed by atoms with Crippen molar-refractivity contribution in [1.29, 1.82) is 0 Å². The van der Waals surface area contributed by atoms with E-state index in [-0.39, 0.29) is 12.5 Å². The number of nitrogens with zero attached hydrogens (tertiary/aromatic N) is 1. The Bertz CT molecular complexity index is 465. The van der Waals surface area contributed by atoms with E-state index in [1.807, 2.05) is 6.92 Å². The van der Waals surface area contributed by atoms with Crippen molar-refractivity contribution in [2.24, 2.45) is 0 Å². The molecule has 0 aromatic heterocycles. The summed E-state index contributed by atoms with van der Waals surface area (Å²) in [6.07, 6.45) is 0.705. The lowest BCUT2D eigenvalue weighted by Crippen LogP contribution is -2.36. The van der Waals surface area contributed by atoms with Gasteiger partial charge in [-0.3, -0.25) is 9.59 Å². The highest BCUT2D eigenvalue weighted by molar-refractivity contribution is 14.1. The molecule has 0 aliphatic heterocycles. The number of carboxylic acids is 1. The molecule has 1 N–H and O–H groups in total. The molecule has 0 unspecified atom stereocenters. The third-order valence-corrected chi connectivity index (χ3v) is 3.85. The SMILES string of the molecule is CCCN(CC(=O)O)C(=O)c1ccc(I)c(Cl)c1. The first-order valence-corrected chi connectivity index (χ1v) is 6.87. The smallest absolute Gasteiger partial charge is 0.323 e. The van der Waals surface area contributed by atoms with Crippen molar-refractivity contribution in [3.8, 4) is 0 Å². The van der Waals surface area contributed by atoms with Gasteiger partial charge in [0.25, 0.3) is 5.91 Å². The second kappa shape index (κ2) is 6.94. The molecule has 1 rings (SSSR count). The monoisotopic (exact) mass is 381 g/mol. The molecule has 0 spiro atoms. The summed E-state index contributed by atoms with van der Waals surface area (Å²) in [5.41, 5.74) is 0.412. The number of hydrogen-bond acceptors (Lipinski definition) is 2. The predicted octanol–water partition coefficient (Wildman–Crippen LogP) is 2.88. The van der Waals surface area contributed by atoms with Crippen LogP contribution in [0.3, 0.4) is 0 Å². The van der Waals surface area contributed by atoms with Gasteiger partial charge in [0.2, 0.25) is 0 Å². The fourth-order valence-corrected chi connectivity index (χ4v) is 2.01. The highest BCUT2D eigenvalue weighted by Crippen LogP contribution is 2.20. The van der Waals surface area contributed by atoms with E-state index in [9.17, 15) is 9.59 Å². The molecule has 0 aliphatic carbocycles. The highest BCUT2D eigenvalue weighted by atomic mass is 127. The quantitative estimate of drug-likeness (QED) is 0.798. The molecule has 6 heteroatoms. The molecule has 0 atom stereocenters. The number of rotatable bonds is 5. The minimum absolute atomic E-state index is 0.295. The van der Waals surface area contributed by atoms with Gasteiger partial charge in [0.05, 0.1) is 5.02 Å². The van der Waals surface area contributed by atoms with Crippen molar-refractivity contribution in [3.05, 3.63) is 32.4 Å². The molecule has 0 saturated heterocycles. The third kappa shape index (κ3) is 4.13. The molecular weight excluding hydrogens is 368 g/mol. The first kappa shape index (κ1) is 15.2. The van der Waals surface area contributed by atoms with Crippen LogP contribution in [0, 0.1) is 3.57 Å². The Hall–Kier alpha value is -0.820. The first-order chi connectivity index (χ1) is 8.45. The van der Waals surface area contributed by atoms with Crippen LogP contribution in [0.5, 0.6) is 0 Å². The summed E-state index contributed by atoms with van der Waals surface area (Å²) in [6, 6.07) is 4.96. The van der Waals surface area contributed by atoms with Crippen LogP contribution < -0.4 is 0 Å². The zero-order chi connectivity index (χ0) is 13.7. The Morgan fingerprint density at radius 1 is 1.44 bits per heavy atom. The van der Waals surface area contributed by atoms with Crippen molar-refractivity contribution < 1.29 is 14.7 Å². The van der Waals surface area contributed by atoms with Gasteiger partial charge >= 0.3 is 5.97 Å². The van der Waals surface area contributed by atoms with Crippen LogP contribution in [0.25, 0.3) is 0 Å². The van der Waals surface area contributed by atoms with E-state index < -0.39 is 5.97 Å². The van der Waals surface area contributed by atoms with Gasteiger partial charge in [0.15, 0.2) is 0 Å². The van der Waals surface area contributed by atoms with Gasteiger partial charge in [-0.25, -0.2) is 0 Å². The van der Waals surface area contributed by atoms with E-state index in [1.165, 1.54) is 4.90 Å². The van der Waals surface area contributed by atoms with E-state index in [0.717, 1.165) is 3.57 Å². The molecule has 1 amide bonds. The molecule has 0 saturated carbocycles. The van der Waals surface area contributed by atoms with Gasteiger partial charge in [-0.15, -0.1) is 0 Å². The molecule has 98 valence electrons. The van der Waals surface area contributed by atoms with Crippen molar-refractivity contribution in [3.63, 3.8) is 0 Å². The average molecular weight is 382 g/mol. The van der Waals surface area contributed by atoms with E-state index >= 15 is 0 Å². The van der Waals surface area contributed by atoms with Crippen molar-refractivity contribution in [2.75, 3.05) is 13.1 Å². The topological polar surface area (TPSA) is 57.6 Å². The van der Waals surface area contributed by atoms with Gasteiger partial charge in [-0.1, -0.05) is 18.5 Å². The minimum Gasteiger partial charge on any atom is -0.480 e. The minimum atomic E-state index is -1.02. The molecule has 4 nitrogen and oxygen atoms in total. The van der Waals surface area contributed by atoms with Crippen molar-refractivity contribution in [1.82, 2.24) is 4.90 Å². The van der Waals surface area contributed by atoms with Gasteiger partial charge in [0.1, 0.15) is 6.54 Å². The number of carbonyl (C=O) groups excluding carboxylic acids is 1. The number of aliphatic carboxylic acids is 1. The number of amides is 1. The molecular formula is C12H13ClINO3. The molecule has 0 radical (unpaired) electrons. The van der Waals surface area contributed by atoms with E-state index in [2.05, 4.69) is 22.6 Å². The number of carbonyl (C=O) groups is 2. The lowest BCUT2D eigenvalue weighted by atomic mass is 10.2. The van der Waals surface area contributed by atoms with Crippen LogP contribution in [-0.4, -0.2) is 35.0 Å². The van der Waals surface area contributed by atoms with Crippen molar-refractivity contribution in [2.45, 2.75) is 13.3 Å². The summed E-state index contributed by atoms with van der Waals surface area (Å²) in [7, 11) is 0. The maximum atomic E-state index is 12.1. The Balaban J connectivity index is 2.93. The van der Waals surface area contributed by atoms with Crippen LogP contribution in [0.1, 0.15) is 23.7 Å². The second-order valence-corrected chi connectivity index (χ2v) is 5.32. The summed E-state index contributed by atoms with van der Waals surface area (Å²) >= 11 is 8.02. The molecule has 1 aromatic rings. The molecule has 18 heavy (non-hydrogen) atoms. The zero-order valence-corrected chi connectivity index (χ0v) is 12.7. The zero-order valence-electron chi connectivity index (χ0n) is 9.82. The van der Waals surface area contributed by atoms with Crippen molar-refractivity contribution >= 4 is 46.1 Å². The normalized spacial score (nSPS) is 10.2. The predicted molar refractivity (Wildman–Crippen MR) is 78.0 cm³/mol. The Morgan fingerprint density at radius 3 is 2.61 bits per heavy atom. The summed E-state index contributed by atoms with van der Waals surface area (Å²) in [5.74, 6) is -1.33. The van der Waals surface area contributed by atoms with Gasteiger partial charge in [-0.05, 0) is 47.2 Å². The number of hydrogen-bond donors (Lipinski definition) is 1. The maximum Gasteiger partial charge on any atom is 0.323 e. The molecule has 1 aromatic carbocycles. The standard InChI is InChI=1S/C12H13ClINO3/c1-2-5-15(7-11(16)17)12(18)8-3-4-10(14)9(13)6-8/h3-4,6H,2,5,7H2,1H3,(H,16,17).